The lowest BCUT2D eigenvalue weighted by Gasteiger charge is -2.36. The van der Waals surface area contributed by atoms with Gasteiger partial charge in [-0.05, 0) is 19.3 Å². The molecule has 2 N–H and O–H groups in total. The summed E-state index contributed by atoms with van der Waals surface area (Å²) in [5.41, 5.74) is 0. The molecule has 0 aromatic rings. The number of carboxylic acids is 1. The molecule has 1 atom stereocenters. The number of piperidine rings is 1. The molecule has 94 valence electrons. The van der Waals surface area contributed by atoms with Gasteiger partial charge in [0.2, 0.25) is 0 Å². The van der Waals surface area contributed by atoms with Gasteiger partial charge in [-0.15, -0.1) is 0 Å². The lowest BCUT2D eigenvalue weighted by molar-refractivity contribution is -0.140. The van der Waals surface area contributed by atoms with Gasteiger partial charge in [0.05, 0.1) is 5.03 Å². The molecule has 2 aliphatic heterocycles. The Labute approximate surface area is 109 Å². The predicted octanol–water partition coefficient (Wildman–Crippen LogP) is 1.53. The highest BCUT2D eigenvalue weighted by Crippen LogP contribution is 2.26. The largest absolute Gasteiger partial charge is 0.477 e. The molecule has 1 saturated heterocycles. The van der Waals surface area contributed by atoms with E-state index in [9.17, 15) is 4.79 Å². The van der Waals surface area contributed by atoms with Crippen molar-refractivity contribution in [2.75, 3.05) is 13.1 Å². The van der Waals surface area contributed by atoms with Crippen LogP contribution in [0.1, 0.15) is 19.3 Å². The molecule has 1 unspecified atom stereocenters. The highest BCUT2D eigenvalue weighted by atomic mass is 35.5. The molecule has 0 amide bonds. The maximum atomic E-state index is 11.0. The van der Waals surface area contributed by atoms with Crippen LogP contribution < -0.4 is 5.32 Å². The van der Waals surface area contributed by atoms with Gasteiger partial charge in [-0.3, -0.25) is 0 Å². The fraction of sp³-hybridized carbons (Fsp3) is 0.600. The lowest BCUT2D eigenvalue weighted by atomic mass is 10.1. The Bertz CT molecular complexity index is 391. The van der Waals surface area contributed by atoms with E-state index >= 15 is 0 Å². The van der Waals surface area contributed by atoms with Crippen molar-refractivity contribution in [3.8, 4) is 0 Å². The van der Waals surface area contributed by atoms with Crippen LogP contribution in [0.25, 0.3) is 0 Å². The Morgan fingerprint density at radius 2 is 2.12 bits per heavy atom. The van der Waals surface area contributed by atoms with Crippen molar-refractivity contribution in [3.63, 3.8) is 0 Å². The first-order chi connectivity index (χ1) is 8.03. The van der Waals surface area contributed by atoms with Crippen molar-refractivity contribution in [2.24, 2.45) is 4.99 Å². The monoisotopic (exact) mass is 277 g/mol. The Kier molecular flexibility index (Phi) is 3.49. The number of halogens is 2. The number of aliphatic imine (C=N–C) groups is 1. The molecule has 0 aromatic carbocycles. The van der Waals surface area contributed by atoms with Crippen LogP contribution in [0.4, 0.5) is 0 Å². The Hall–Kier alpha value is -0.940. The van der Waals surface area contributed by atoms with Gasteiger partial charge in [0.25, 0.3) is 0 Å². The van der Waals surface area contributed by atoms with Gasteiger partial charge < -0.3 is 15.3 Å². The fourth-order valence-corrected chi connectivity index (χ4v) is 2.27. The average molecular weight is 278 g/mol. The first kappa shape index (κ1) is 12.5. The zero-order chi connectivity index (χ0) is 12.5. The van der Waals surface area contributed by atoms with E-state index < -0.39 is 11.1 Å². The van der Waals surface area contributed by atoms with Gasteiger partial charge in [-0.1, -0.05) is 23.2 Å². The molecule has 0 radical (unpaired) electrons. The van der Waals surface area contributed by atoms with E-state index in [0.29, 0.717) is 10.9 Å². The third-order valence-corrected chi connectivity index (χ3v) is 3.45. The molecule has 2 heterocycles. The number of likely N-dealkylation sites (tertiary alicyclic amines) is 1. The summed E-state index contributed by atoms with van der Waals surface area (Å²) in [4.78, 5) is 16.7. The van der Waals surface area contributed by atoms with E-state index in [0.717, 1.165) is 25.9 Å². The van der Waals surface area contributed by atoms with Crippen molar-refractivity contribution in [3.05, 3.63) is 10.9 Å². The van der Waals surface area contributed by atoms with Crippen LogP contribution >= 0.6 is 23.2 Å². The molecule has 0 aliphatic carbocycles. The molecule has 5 nitrogen and oxygen atoms in total. The Balaban J connectivity index is 2.20. The first-order valence-corrected chi connectivity index (χ1v) is 6.19. The van der Waals surface area contributed by atoms with Crippen LogP contribution in [-0.4, -0.2) is 40.4 Å². The number of carbonyl (C=O) groups is 1. The normalized spacial score (nSPS) is 29.2. The molecule has 17 heavy (non-hydrogen) atoms. The maximum Gasteiger partial charge on any atom is 0.369 e. The molecule has 0 saturated carbocycles. The van der Waals surface area contributed by atoms with Gasteiger partial charge >= 0.3 is 11.1 Å². The van der Waals surface area contributed by atoms with Crippen molar-refractivity contribution < 1.29 is 9.90 Å². The highest BCUT2D eigenvalue weighted by Gasteiger charge is 2.40. The summed E-state index contributed by atoms with van der Waals surface area (Å²) in [6, 6.07) is 0. The first-order valence-electron chi connectivity index (χ1n) is 5.43. The highest BCUT2D eigenvalue weighted by molar-refractivity contribution is 6.41. The van der Waals surface area contributed by atoms with Crippen LogP contribution in [0.5, 0.6) is 0 Å². The Morgan fingerprint density at radius 3 is 2.71 bits per heavy atom. The minimum absolute atomic E-state index is 0.393. The van der Waals surface area contributed by atoms with E-state index in [1.807, 2.05) is 4.90 Å². The van der Waals surface area contributed by atoms with Crippen LogP contribution in [-0.2, 0) is 4.79 Å². The summed E-state index contributed by atoms with van der Waals surface area (Å²) in [5.74, 6) is -0.687. The molecular formula is C10H13Cl2N3O2. The minimum atomic E-state index is -1.84. The Morgan fingerprint density at radius 1 is 1.47 bits per heavy atom. The molecule has 7 heteroatoms. The van der Waals surface area contributed by atoms with Gasteiger partial charge in [0.1, 0.15) is 5.82 Å². The smallest absolute Gasteiger partial charge is 0.369 e. The number of rotatable bonds is 2. The van der Waals surface area contributed by atoms with Crippen molar-refractivity contribution in [1.29, 1.82) is 0 Å². The number of nitrogens with one attached hydrogen (secondary N) is 1. The summed E-state index contributed by atoms with van der Waals surface area (Å²) in [7, 11) is 0. The SMILES string of the molecule is O=C(O)C1(Cl)N=CC(Cl)=C(N2CCCCC2)N1. The van der Waals surface area contributed by atoms with Crippen molar-refractivity contribution >= 4 is 35.4 Å². The number of carboxylic acid groups (broad SMARTS) is 1. The van der Waals surface area contributed by atoms with E-state index in [-0.39, 0.29) is 0 Å². The molecule has 2 rings (SSSR count). The second-order valence-corrected chi connectivity index (χ2v) is 5.01. The molecule has 0 bridgehead atoms. The summed E-state index contributed by atoms with van der Waals surface area (Å²) in [6.45, 7) is 1.69. The van der Waals surface area contributed by atoms with Crippen LogP contribution in [0.2, 0.25) is 0 Å². The minimum Gasteiger partial charge on any atom is -0.477 e. The average Bonchev–Trinajstić information content (AvgIpc) is 2.33. The van der Waals surface area contributed by atoms with Gasteiger partial charge in [-0.25, -0.2) is 9.79 Å². The number of nitrogens with zero attached hydrogens (tertiary/aromatic N) is 2. The number of hydrogen-bond acceptors (Lipinski definition) is 4. The van der Waals surface area contributed by atoms with Gasteiger partial charge in [0.15, 0.2) is 0 Å². The van der Waals surface area contributed by atoms with E-state index in [1.165, 1.54) is 12.6 Å². The van der Waals surface area contributed by atoms with Crippen LogP contribution in [0, 0.1) is 0 Å². The molecule has 0 spiro atoms. The topological polar surface area (TPSA) is 64.9 Å². The van der Waals surface area contributed by atoms with Crippen molar-refractivity contribution in [1.82, 2.24) is 10.2 Å². The summed E-state index contributed by atoms with van der Waals surface area (Å²) < 4.78 is 0. The zero-order valence-corrected chi connectivity index (χ0v) is 10.6. The second kappa shape index (κ2) is 4.74. The van der Waals surface area contributed by atoms with Crippen LogP contribution in [0.3, 0.4) is 0 Å². The zero-order valence-electron chi connectivity index (χ0n) is 9.12. The predicted molar refractivity (Wildman–Crippen MR) is 66.2 cm³/mol. The molecule has 2 aliphatic rings. The number of allylic oxidation sites excluding steroid dienone is 1. The summed E-state index contributed by atoms with van der Waals surface area (Å²) in [5, 5.41) is 10.2. The van der Waals surface area contributed by atoms with Crippen molar-refractivity contribution in [2.45, 2.75) is 24.4 Å². The molecule has 1 fully saturated rings. The number of aliphatic carboxylic acids is 1. The third kappa shape index (κ3) is 2.50. The van der Waals surface area contributed by atoms with Gasteiger partial charge in [-0.2, -0.15) is 0 Å². The second-order valence-electron chi connectivity index (χ2n) is 4.05. The van der Waals surface area contributed by atoms with E-state index in [2.05, 4.69) is 10.3 Å². The lowest BCUT2D eigenvalue weighted by Crippen LogP contribution is -2.51. The fourth-order valence-electron chi connectivity index (χ4n) is 1.91. The summed E-state index contributed by atoms with van der Waals surface area (Å²) >= 11 is 11.9. The van der Waals surface area contributed by atoms with Crippen LogP contribution in [0.15, 0.2) is 15.8 Å². The number of alkyl halides is 1. The molecular weight excluding hydrogens is 265 g/mol. The molecule has 0 aromatic heterocycles. The number of hydrogen-bond donors (Lipinski definition) is 2. The summed E-state index contributed by atoms with van der Waals surface area (Å²) in [6.07, 6.45) is 4.60. The maximum absolute atomic E-state index is 11.0. The van der Waals surface area contributed by atoms with E-state index in [4.69, 9.17) is 28.3 Å². The van der Waals surface area contributed by atoms with Gasteiger partial charge in [0, 0.05) is 19.3 Å². The standard InChI is InChI=1S/C10H13Cl2N3O2/c11-7-6-13-10(12,9(16)17)14-8(7)15-4-2-1-3-5-15/h6,14H,1-5H2,(H,16,17). The third-order valence-electron chi connectivity index (χ3n) is 2.82. The quantitative estimate of drug-likeness (QED) is 0.594. The van der Waals surface area contributed by atoms with E-state index in [1.54, 1.807) is 0 Å².